The van der Waals surface area contributed by atoms with E-state index in [1.807, 2.05) is 30.3 Å². The fourth-order valence-corrected chi connectivity index (χ4v) is 5.41. The minimum absolute atomic E-state index is 0.583. The molecule has 0 spiro atoms. The molecule has 17 heavy (non-hydrogen) atoms. The Morgan fingerprint density at radius 3 is 2.41 bits per heavy atom. The van der Waals surface area contributed by atoms with Crippen molar-refractivity contribution >= 4 is 35.5 Å². The predicted molar refractivity (Wildman–Crippen MR) is 81.4 cm³/mol. The van der Waals surface area contributed by atoms with E-state index in [2.05, 4.69) is 19.6 Å². The van der Waals surface area contributed by atoms with Gasteiger partial charge in [-0.1, -0.05) is 61.6 Å². The van der Waals surface area contributed by atoms with Crippen molar-refractivity contribution in [2.75, 3.05) is 5.75 Å². The zero-order valence-electron chi connectivity index (χ0n) is 10.6. The van der Waals surface area contributed by atoms with Gasteiger partial charge in [0.05, 0.1) is 5.03 Å². The van der Waals surface area contributed by atoms with Crippen LogP contribution < -0.4 is 0 Å². The van der Waals surface area contributed by atoms with Crippen LogP contribution in [0.3, 0.4) is 0 Å². The highest BCUT2D eigenvalue weighted by molar-refractivity contribution is 7.88. The van der Waals surface area contributed by atoms with Crippen LogP contribution in [0.2, 0.25) is 25.7 Å². The molecule has 0 radical (unpaired) electrons. The van der Waals surface area contributed by atoms with E-state index in [1.165, 1.54) is 0 Å². The highest BCUT2D eigenvalue weighted by atomic mass is 35.5. The van der Waals surface area contributed by atoms with Gasteiger partial charge in [0, 0.05) is 30.0 Å². The largest absolute Gasteiger partial charge is 0.255 e. The van der Waals surface area contributed by atoms with Crippen molar-refractivity contribution in [1.29, 1.82) is 0 Å². The van der Waals surface area contributed by atoms with E-state index in [0.717, 1.165) is 17.4 Å². The van der Waals surface area contributed by atoms with E-state index in [0.29, 0.717) is 5.03 Å². The minimum Gasteiger partial charge on any atom is -0.255 e. The summed E-state index contributed by atoms with van der Waals surface area (Å²) < 4.78 is 11.8. The van der Waals surface area contributed by atoms with Crippen LogP contribution in [0.5, 0.6) is 0 Å². The zero-order chi connectivity index (χ0) is 12.9. The van der Waals surface area contributed by atoms with Crippen molar-refractivity contribution in [2.45, 2.75) is 25.7 Å². The lowest BCUT2D eigenvalue weighted by Gasteiger charge is -2.13. The summed E-state index contributed by atoms with van der Waals surface area (Å²) in [5, 5.41) is 2.25. The topological polar surface area (TPSA) is 17.1 Å². The van der Waals surface area contributed by atoms with Crippen LogP contribution >= 0.6 is 11.6 Å². The molecule has 0 heterocycles. The third-order valence-electron chi connectivity index (χ3n) is 2.34. The minimum atomic E-state index is -1.12. The van der Waals surface area contributed by atoms with Gasteiger partial charge in [-0.15, -0.1) is 0 Å². The number of rotatable bonds is 5. The van der Waals surface area contributed by atoms with E-state index >= 15 is 0 Å². The molecular weight excluding hydrogens is 268 g/mol. The maximum Gasteiger partial charge on any atom is 0.0566 e. The van der Waals surface area contributed by atoms with Gasteiger partial charge in [0.1, 0.15) is 0 Å². The molecule has 0 fully saturated rings. The van der Waals surface area contributed by atoms with Crippen LogP contribution in [-0.2, 0) is 10.8 Å². The Morgan fingerprint density at radius 2 is 1.88 bits per heavy atom. The van der Waals surface area contributed by atoms with Gasteiger partial charge in [-0.3, -0.25) is 4.21 Å². The van der Waals surface area contributed by atoms with Gasteiger partial charge in [0.15, 0.2) is 0 Å². The van der Waals surface area contributed by atoms with Crippen LogP contribution in [0.15, 0.2) is 35.7 Å². The van der Waals surface area contributed by atoms with E-state index < -0.39 is 18.9 Å². The molecule has 94 valence electrons. The lowest BCUT2D eigenvalue weighted by atomic mass is 10.2. The second-order valence-corrected chi connectivity index (χ2v) is 12.7. The molecule has 1 aromatic rings. The normalized spacial score (nSPS) is 14.7. The van der Waals surface area contributed by atoms with Crippen molar-refractivity contribution < 1.29 is 4.21 Å². The molecule has 1 rings (SSSR count). The van der Waals surface area contributed by atoms with Crippen molar-refractivity contribution in [3.8, 4) is 0 Å². The molecule has 1 unspecified atom stereocenters. The van der Waals surface area contributed by atoms with Gasteiger partial charge in [0.25, 0.3) is 0 Å². The van der Waals surface area contributed by atoms with E-state index in [4.69, 9.17) is 11.6 Å². The zero-order valence-corrected chi connectivity index (χ0v) is 13.1. The van der Waals surface area contributed by atoms with Gasteiger partial charge >= 0.3 is 0 Å². The first-order chi connectivity index (χ1) is 7.88. The molecule has 0 saturated carbocycles. The summed E-state index contributed by atoms with van der Waals surface area (Å²) in [4.78, 5) is 0. The second kappa shape index (κ2) is 6.52. The summed E-state index contributed by atoms with van der Waals surface area (Å²) in [6.45, 7) is 6.85. The molecule has 0 saturated heterocycles. The Labute approximate surface area is 112 Å². The summed E-state index contributed by atoms with van der Waals surface area (Å²) >= 11 is 6.13. The summed E-state index contributed by atoms with van der Waals surface area (Å²) in [6, 6.07) is 10.7. The average Bonchev–Trinajstić information content (AvgIpc) is 2.27. The highest BCUT2D eigenvalue weighted by Crippen LogP contribution is 2.19. The maximum atomic E-state index is 11.8. The Balaban J connectivity index is 2.61. The number of benzene rings is 1. The Hall–Kier alpha value is -0.383. The molecule has 1 nitrogen and oxygen atoms in total. The maximum absolute atomic E-state index is 11.8. The monoisotopic (exact) mass is 286 g/mol. The molecule has 4 heteroatoms. The van der Waals surface area contributed by atoms with E-state index in [1.54, 1.807) is 5.41 Å². The predicted octanol–water partition coefficient (Wildman–Crippen LogP) is 4.31. The SMILES string of the molecule is C[Si](C)(C)CCS(=O)/C=C(\Cl)c1ccccc1. The molecule has 1 aromatic carbocycles. The van der Waals surface area contributed by atoms with Crippen molar-refractivity contribution in [1.82, 2.24) is 0 Å². The molecule has 0 N–H and O–H groups in total. The van der Waals surface area contributed by atoms with E-state index in [-0.39, 0.29) is 0 Å². The molecular formula is C13H19ClOSSi. The van der Waals surface area contributed by atoms with Crippen LogP contribution in [-0.4, -0.2) is 18.0 Å². The molecule has 0 aliphatic heterocycles. The third kappa shape index (κ3) is 6.20. The fraction of sp³-hybridized carbons (Fsp3) is 0.385. The summed E-state index contributed by atoms with van der Waals surface area (Å²) in [5.41, 5.74) is 0.926. The van der Waals surface area contributed by atoms with Crippen LogP contribution in [0.1, 0.15) is 5.56 Å². The Bertz CT molecular complexity index is 409. The van der Waals surface area contributed by atoms with Gasteiger partial charge in [-0.05, 0) is 11.6 Å². The molecule has 0 aliphatic carbocycles. The smallest absolute Gasteiger partial charge is 0.0566 e. The summed E-state index contributed by atoms with van der Waals surface area (Å²) in [6.07, 6.45) is 0. The first-order valence-electron chi connectivity index (χ1n) is 5.68. The summed E-state index contributed by atoms with van der Waals surface area (Å²) in [7, 11) is -2.07. The van der Waals surface area contributed by atoms with Crippen LogP contribution in [0, 0.1) is 0 Å². The van der Waals surface area contributed by atoms with Crippen LogP contribution in [0.4, 0.5) is 0 Å². The van der Waals surface area contributed by atoms with Crippen molar-refractivity contribution in [3.05, 3.63) is 41.3 Å². The van der Waals surface area contributed by atoms with Gasteiger partial charge in [-0.25, -0.2) is 0 Å². The van der Waals surface area contributed by atoms with Gasteiger partial charge in [0.2, 0.25) is 0 Å². The highest BCUT2D eigenvalue weighted by Gasteiger charge is 2.13. The number of halogens is 1. The fourth-order valence-electron chi connectivity index (χ4n) is 1.25. The number of hydrogen-bond acceptors (Lipinski definition) is 1. The Kier molecular flexibility index (Phi) is 5.63. The lowest BCUT2D eigenvalue weighted by Crippen LogP contribution is -2.21. The Morgan fingerprint density at radius 1 is 1.29 bits per heavy atom. The summed E-state index contributed by atoms with van der Waals surface area (Å²) in [5.74, 6) is 0.721. The molecule has 0 amide bonds. The number of hydrogen-bond donors (Lipinski definition) is 0. The molecule has 1 atom stereocenters. The molecule has 0 aromatic heterocycles. The lowest BCUT2D eigenvalue weighted by molar-refractivity contribution is 0.689. The second-order valence-electron chi connectivity index (χ2n) is 5.23. The average molecular weight is 287 g/mol. The first kappa shape index (κ1) is 14.7. The van der Waals surface area contributed by atoms with E-state index in [9.17, 15) is 4.21 Å². The standard InChI is InChI=1S/C13H19ClOSSi/c1-17(2,3)10-9-16(15)11-13(14)12-7-5-4-6-8-12/h4-8,11H,9-10H2,1-3H3/b13-11-. The molecule has 0 bridgehead atoms. The quantitative estimate of drug-likeness (QED) is 0.737. The van der Waals surface area contributed by atoms with Gasteiger partial charge in [-0.2, -0.15) is 0 Å². The molecule has 0 aliphatic rings. The van der Waals surface area contributed by atoms with Crippen LogP contribution in [0.25, 0.3) is 5.03 Å². The first-order valence-corrected chi connectivity index (χ1v) is 11.2. The van der Waals surface area contributed by atoms with Crippen molar-refractivity contribution in [3.63, 3.8) is 0 Å². The van der Waals surface area contributed by atoms with Crippen molar-refractivity contribution in [2.24, 2.45) is 0 Å². The van der Waals surface area contributed by atoms with Gasteiger partial charge < -0.3 is 0 Å². The third-order valence-corrected chi connectivity index (χ3v) is 6.01.